The summed E-state index contributed by atoms with van der Waals surface area (Å²) in [4.78, 5) is 11.3. The number of alkyl halides is 2. The second kappa shape index (κ2) is 3.54. The van der Waals surface area contributed by atoms with E-state index in [2.05, 4.69) is 37.9 Å². The molecule has 0 bridgehead atoms. The fraction of sp³-hybridized carbons (Fsp3) is 0.300. The molecule has 1 aliphatic rings. The van der Waals surface area contributed by atoms with E-state index in [1.807, 2.05) is 18.2 Å². The Morgan fingerprint density at radius 1 is 1.15 bits per heavy atom. The number of carbonyl (C=O) groups excluding carboxylic acids is 1. The standard InChI is InChI=1S/C10H8Br2O/c11-9-7-4-2-1-3-6(7)8(5-13)10(9)12/h1-5,8-10H. The number of aldehydes is 1. The van der Waals surface area contributed by atoms with E-state index >= 15 is 0 Å². The number of fused-ring (bicyclic) bond motifs is 1. The van der Waals surface area contributed by atoms with Gasteiger partial charge in [0.1, 0.15) is 6.29 Å². The molecule has 0 aromatic heterocycles. The molecule has 1 aliphatic carbocycles. The fourth-order valence-corrected chi connectivity index (χ4v) is 3.18. The Labute approximate surface area is 93.8 Å². The molecule has 0 fully saturated rings. The summed E-state index contributed by atoms with van der Waals surface area (Å²) in [5.41, 5.74) is 2.36. The molecule has 0 aliphatic heterocycles. The lowest BCUT2D eigenvalue weighted by Gasteiger charge is -2.08. The summed E-state index contributed by atoms with van der Waals surface area (Å²) in [6.07, 6.45) is 1.01. The monoisotopic (exact) mass is 302 g/mol. The van der Waals surface area contributed by atoms with Gasteiger partial charge in [0, 0.05) is 4.83 Å². The number of hydrogen-bond acceptors (Lipinski definition) is 1. The summed E-state index contributed by atoms with van der Waals surface area (Å²) in [6.45, 7) is 0. The molecule has 68 valence electrons. The van der Waals surface area contributed by atoms with Crippen molar-refractivity contribution < 1.29 is 4.79 Å². The number of rotatable bonds is 1. The Morgan fingerprint density at radius 2 is 1.77 bits per heavy atom. The van der Waals surface area contributed by atoms with Crippen LogP contribution in [-0.4, -0.2) is 11.1 Å². The normalized spacial score (nSPS) is 31.4. The summed E-state index contributed by atoms with van der Waals surface area (Å²) in [5.74, 6) is -0.0134. The van der Waals surface area contributed by atoms with Crippen molar-refractivity contribution in [1.82, 2.24) is 0 Å². The van der Waals surface area contributed by atoms with E-state index in [-0.39, 0.29) is 15.6 Å². The Morgan fingerprint density at radius 3 is 2.38 bits per heavy atom. The molecule has 3 heteroatoms. The van der Waals surface area contributed by atoms with Crippen LogP contribution in [-0.2, 0) is 4.79 Å². The maximum atomic E-state index is 10.9. The zero-order valence-corrected chi connectivity index (χ0v) is 9.95. The second-order valence-electron chi connectivity index (χ2n) is 3.14. The summed E-state index contributed by atoms with van der Waals surface area (Å²) < 4.78 is 0. The molecule has 3 atom stereocenters. The smallest absolute Gasteiger partial charge is 0.128 e. The third-order valence-electron chi connectivity index (χ3n) is 2.42. The molecule has 1 aromatic carbocycles. The van der Waals surface area contributed by atoms with Gasteiger partial charge in [0.2, 0.25) is 0 Å². The molecule has 13 heavy (non-hydrogen) atoms. The first kappa shape index (κ1) is 9.41. The Bertz CT molecular complexity index is 337. The molecular weight excluding hydrogens is 296 g/mol. The van der Waals surface area contributed by atoms with Crippen molar-refractivity contribution in [3.05, 3.63) is 35.4 Å². The second-order valence-corrected chi connectivity index (χ2v) is 5.18. The minimum absolute atomic E-state index is 0.0134. The first-order chi connectivity index (χ1) is 6.25. The summed E-state index contributed by atoms with van der Waals surface area (Å²) in [7, 11) is 0. The molecule has 0 saturated heterocycles. The maximum Gasteiger partial charge on any atom is 0.128 e. The van der Waals surface area contributed by atoms with Gasteiger partial charge in [-0.15, -0.1) is 0 Å². The Hall–Kier alpha value is -0.150. The van der Waals surface area contributed by atoms with E-state index in [1.54, 1.807) is 0 Å². The predicted molar refractivity (Wildman–Crippen MR) is 59.6 cm³/mol. The van der Waals surface area contributed by atoms with Crippen molar-refractivity contribution in [2.24, 2.45) is 0 Å². The molecule has 0 amide bonds. The highest BCUT2D eigenvalue weighted by atomic mass is 79.9. The van der Waals surface area contributed by atoms with Crippen molar-refractivity contribution in [1.29, 1.82) is 0 Å². The zero-order chi connectivity index (χ0) is 9.42. The van der Waals surface area contributed by atoms with Crippen LogP contribution in [0.5, 0.6) is 0 Å². The van der Waals surface area contributed by atoms with Crippen LogP contribution in [0.1, 0.15) is 21.9 Å². The topological polar surface area (TPSA) is 17.1 Å². The average Bonchev–Trinajstić information content (AvgIpc) is 2.41. The molecule has 0 heterocycles. The van der Waals surface area contributed by atoms with Gasteiger partial charge in [-0.2, -0.15) is 0 Å². The summed E-state index contributed by atoms with van der Waals surface area (Å²) in [5, 5.41) is 0. The van der Waals surface area contributed by atoms with Gasteiger partial charge in [0.25, 0.3) is 0 Å². The molecule has 0 saturated carbocycles. The lowest BCUT2D eigenvalue weighted by Crippen LogP contribution is -2.08. The Kier molecular flexibility index (Phi) is 2.56. The van der Waals surface area contributed by atoms with Crippen molar-refractivity contribution >= 4 is 38.1 Å². The number of carbonyl (C=O) groups is 1. The van der Waals surface area contributed by atoms with Crippen LogP contribution in [0.2, 0.25) is 0 Å². The van der Waals surface area contributed by atoms with E-state index in [9.17, 15) is 4.79 Å². The van der Waals surface area contributed by atoms with Crippen LogP contribution in [0, 0.1) is 0 Å². The lowest BCUT2D eigenvalue weighted by atomic mass is 10.0. The predicted octanol–water partition coefficient (Wildman–Crippen LogP) is 3.18. The van der Waals surface area contributed by atoms with Gasteiger partial charge < -0.3 is 4.79 Å². The van der Waals surface area contributed by atoms with Gasteiger partial charge >= 0.3 is 0 Å². The first-order valence-corrected chi connectivity index (χ1v) is 5.91. The minimum atomic E-state index is -0.0134. The van der Waals surface area contributed by atoms with Crippen LogP contribution in [0.15, 0.2) is 24.3 Å². The van der Waals surface area contributed by atoms with Crippen LogP contribution < -0.4 is 0 Å². The van der Waals surface area contributed by atoms with E-state index in [0.29, 0.717) is 0 Å². The molecule has 3 unspecified atom stereocenters. The quantitative estimate of drug-likeness (QED) is 0.575. The van der Waals surface area contributed by atoms with Crippen molar-refractivity contribution in [3.63, 3.8) is 0 Å². The van der Waals surface area contributed by atoms with E-state index < -0.39 is 0 Å². The minimum Gasteiger partial charge on any atom is -0.303 e. The van der Waals surface area contributed by atoms with Crippen molar-refractivity contribution in [2.75, 3.05) is 0 Å². The molecule has 0 N–H and O–H groups in total. The number of benzene rings is 1. The molecule has 1 nitrogen and oxygen atoms in total. The van der Waals surface area contributed by atoms with Crippen LogP contribution in [0.3, 0.4) is 0 Å². The fourth-order valence-electron chi connectivity index (χ4n) is 1.74. The maximum absolute atomic E-state index is 10.9. The molecule has 1 aromatic rings. The highest BCUT2D eigenvalue weighted by Crippen LogP contribution is 2.47. The van der Waals surface area contributed by atoms with Crippen LogP contribution >= 0.6 is 31.9 Å². The van der Waals surface area contributed by atoms with Gasteiger partial charge in [-0.1, -0.05) is 56.1 Å². The van der Waals surface area contributed by atoms with Gasteiger partial charge in [-0.05, 0) is 11.1 Å². The van der Waals surface area contributed by atoms with Gasteiger partial charge in [0.15, 0.2) is 0 Å². The molecule has 2 rings (SSSR count). The van der Waals surface area contributed by atoms with Gasteiger partial charge in [-0.25, -0.2) is 0 Å². The van der Waals surface area contributed by atoms with Crippen molar-refractivity contribution in [2.45, 2.75) is 15.6 Å². The van der Waals surface area contributed by atoms with Crippen LogP contribution in [0.25, 0.3) is 0 Å². The van der Waals surface area contributed by atoms with E-state index in [1.165, 1.54) is 5.56 Å². The van der Waals surface area contributed by atoms with E-state index in [0.717, 1.165) is 11.8 Å². The lowest BCUT2D eigenvalue weighted by molar-refractivity contribution is -0.108. The van der Waals surface area contributed by atoms with Crippen molar-refractivity contribution in [3.8, 4) is 0 Å². The average molecular weight is 304 g/mol. The Balaban J connectivity index is 2.53. The number of hydrogen-bond donors (Lipinski definition) is 0. The molecular formula is C10H8Br2O. The van der Waals surface area contributed by atoms with Gasteiger partial charge in [0.05, 0.1) is 10.7 Å². The third-order valence-corrected chi connectivity index (χ3v) is 5.29. The largest absolute Gasteiger partial charge is 0.303 e. The van der Waals surface area contributed by atoms with Gasteiger partial charge in [-0.3, -0.25) is 0 Å². The van der Waals surface area contributed by atoms with E-state index in [4.69, 9.17) is 0 Å². The number of halogens is 2. The zero-order valence-electron chi connectivity index (χ0n) is 6.78. The molecule has 0 spiro atoms. The first-order valence-electron chi connectivity index (χ1n) is 4.08. The third kappa shape index (κ3) is 1.38. The van der Waals surface area contributed by atoms with Crippen LogP contribution in [0.4, 0.5) is 0 Å². The highest BCUT2D eigenvalue weighted by molar-refractivity contribution is 9.12. The highest BCUT2D eigenvalue weighted by Gasteiger charge is 2.37. The SMILES string of the molecule is O=CC1c2ccccc2C(Br)C1Br. The summed E-state index contributed by atoms with van der Waals surface area (Å²) >= 11 is 7.11. The molecule has 0 radical (unpaired) electrons. The summed E-state index contributed by atoms with van der Waals surface area (Å²) in [6, 6.07) is 8.05.